The quantitative estimate of drug-likeness (QED) is 0.794. The highest BCUT2D eigenvalue weighted by molar-refractivity contribution is 6.30. The van der Waals surface area contributed by atoms with Crippen LogP contribution in [0.15, 0.2) is 52.9 Å². The van der Waals surface area contributed by atoms with Crippen LogP contribution in [0.4, 0.5) is 0 Å². The molecule has 5 nitrogen and oxygen atoms in total. The van der Waals surface area contributed by atoms with E-state index in [1.165, 1.54) is 0 Å². The van der Waals surface area contributed by atoms with Crippen LogP contribution in [0.5, 0.6) is 0 Å². The van der Waals surface area contributed by atoms with Gasteiger partial charge in [-0.25, -0.2) is 0 Å². The molecule has 0 unspecified atom stereocenters. The minimum Gasteiger partial charge on any atom is -0.412 e. The van der Waals surface area contributed by atoms with Gasteiger partial charge >= 0.3 is 11.8 Å². The van der Waals surface area contributed by atoms with Gasteiger partial charge in [0, 0.05) is 17.1 Å². The van der Waals surface area contributed by atoms with E-state index in [9.17, 15) is 4.79 Å². The molecule has 0 spiro atoms. The molecule has 0 fully saturated rings. The smallest absolute Gasteiger partial charge is 0.309 e. The molecular formula is C17H14ClN3O2. The van der Waals surface area contributed by atoms with Crippen LogP contribution in [0.2, 0.25) is 5.02 Å². The maximum Gasteiger partial charge on any atom is 0.309 e. The number of amides is 1. The van der Waals surface area contributed by atoms with Crippen molar-refractivity contribution in [2.45, 2.75) is 13.5 Å². The highest BCUT2D eigenvalue weighted by Gasteiger charge is 2.16. The molecule has 0 saturated heterocycles. The molecule has 3 rings (SSSR count). The molecule has 116 valence electrons. The second-order valence-electron chi connectivity index (χ2n) is 5.03. The number of aryl methyl sites for hydroxylation is 1. The van der Waals surface area contributed by atoms with Gasteiger partial charge in [0.05, 0.1) is 0 Å². The van der Waals surface area contributed by atoms with E-state index < -0.39 is 5.91 Å². The molecule has 1 amide bonds. The summed E-state index contributed by atoms with van der Waals surface area (Å²) in [5.41, 5.74) is 2.82. The van der Waals surface area contributed by atoms with Gasteiger partial charge in [0.2, 0.25) is 5.89 Å². The lowest BCUT2D eigenvalue weighted by molar-refractivity contribution is 0.0917. The molecule has 0 aliphatic heterocycles. The van der Waals surface area contributed by atoms with E-state index in [2.05, 4.69) is 15.5 Å². The van der Waals surface area contributed by atoms with E-state index in [1.54, 1.807) is 24.3 Å². The Kier molecular flexibility index (Phi) is 4.39. The van der Waals surface area contributed by atoms with Crippen LogP contribution in [-0.4, -0.2) is 16.1 Å². The van der Waals surface area contributed by atoms with E-state index in [-0.39, 0.29) is 11.8 Å². The van der Waals surface area contributed by atoms with Crippen LogP contribution in [0, 0.1) is 6.92 Å². The minimum absolute atomic E-state index is 0.0754. The number of rotatable bonds is 4. The summed E-state index contributed by atoms with van der Waals surface area (Å²) in [6, 6.07) is 14.8. The van der Waals surface area contributed by atoms with Gasteiger partial charge in [-0.3, -0.25) is 4.79 Å². The third kappa shape index (κ3) is 3.57. The Morgan fingerprint density at radius 3 is 2.78 bits per heavy atom. The van der Waals surface area contributed by atoms with E-state index in [0.29, 0.717) is 17.1 Å². The van der Waals surface area contributed by atoms with Gasteiger partial charge in [-0.2, -0.15) is 0 Å². The summed E-state index contributed by atoms with van der Waals surface area (Å²) in [6.07, 6.45) is 0. The number of carbonyl (C=O) groups excluding carboxylic acids is 1. The molecule has 1 aromatic heterocycles. The minimum atomic E-state index is -0.408. The van der Waals surface area contributed by atoms with Crippen molar-refractivity contribution in [3.63, 3.8) is 0 Å². The van der Waals surface area contributed by atoms with Crippen molar-refractivity contribution >= 4 is 17.5 Å². The first kappa shape index (κ1) is 15.2. The van der Waals surface area contributed by atoms with Crippen molar-refractivity contribution < 1.29 is 9.21 Å². The molecular weight excluding hydrogens is 314 g/mol. The summed E-state index contributed by atoms with van der Waals surface area (Å²) in [7, 11) is 0. The van der Waals surface area contributed by atoms with E-state index >= 15 is 0 Å². The summed E-state index contributed by atoms with van der Waals surface area (Å²) in [6.45, 7) is 2.39. The van der Waals surface area contributed by atoms with Crippen molar-refractivity contribution in [3.05, 3.63) is 70.6 Å². The lowest BCUT2D eigenvalue weighted by atomic mass is 10.1. The predicted molar refractivity (Wildman–Crippen MR) is 87.1 cm³/mol. The van der Waals surface area contributed by atoms with Gasteiger partial charge in [0.25, 0.3) is 0 Å². The number of hydrogen-bond donors (Lipinski definition) is 1. The second kappa shape index (κ2) is 6.62. The molecule has 1 N–H and O–H groups in total. The first-order valence-corrected chi connectivity index (χ1v) is 7.43. The topological polar surface area (TPSA) is 68.0 Å². The number of nitrogens with one attached hydrogen (secondary N) is 1. The standard InChI is InChI=1S/C17H14ClN3O2/c1-11-5-2-3-6-13(11)10-19-15(22)17-21-20-16(23-17)12-7-4-8-14(18)9-12/h2-9H,10H2,1H3,(H,19,22). The highest BCUT2D eigenvalue weighted by atomic mass is 35.5. The first-order valence-electron chi connectivity index (χ1n) is 7.05. The van der Waals surface area contributed by atoms with Gasteiger partial charge in [-0.15, -0.1) is 10.2 Å². The zero-order chi connectivity index (χ0) is 16.2. The SMILES string of the molecule is Cc1ccccc1CNC(=O)c1nnc(-c2cccc(Cl)c2)o1. The molecule has 0 saturated carbocycles. The molecule has 6 heteroatoms. The lowest BCUT2D eigenvalue weighted by Gasteiger charge is -2.05. The summed E-state index contributed by atoms with van der Waals surface area (Å²) in [5, 5.41) is 11.0. The average Bonchev–Trinajstić information content (AvgIpc) is 3.04. The van der Waals surface area contributed by atoms with Gasteiger partial charge in [-0.1, -0.05) is 41.9 Å². The number of benzene rings is 2. The van der Waals surface area contributed by atoms with Gasteiger partial charge in [0.15, 0.2) is 0 Å². The van der Waals surface area contributed by atoms with Gasteiger partial charge in [0.1, 0.15) is 0 Å². The monoisotopic (exact) mass is 327 g/mol. The maximum absolute atomic E-state index is 12.1. The average molecular weight is 328 g/mol. The van der Waals surface area contributed by atoms with Crippen LogP contribution < -0.4 is 5.32 Å². The van der Waals surface area contributed by atoms with Crippen LogP contribution in [0.3, 0.4) is 0 Å². The van der Waals surface area contributed by atoms with Crippen LogP contribution >= 0.6 is 11.6 Å². The first-order chi connectivity index (χ1) is 11.1. The second-order valence-corrected chi connectivity index (χ2v) is 5.47. The predicted octanol–water partition coefficient (Wildman–Crippen LogP) is 3.63. The van der Waals surface area contributed by atoms with E-state index in [0.717, 1.165) is 11.1 Å². The summed E-state index contributed by atoms with van der Waals surface area (Å²) in [5.74, 6) is -0.226. The van der Waals surface area contributed by atoms with E-state index in [4.69, 9.17) is 16.0 Å². The summed E-state index contributed by atoms with van der Waals surface area (Å²) in [4.78, 5) is 12.1. The van der Waals surface area contributed by atoms with Crippen LogP contribution in [-0.2, 0) is 6.54 Å². The molecule has 0 atom stereocenters. The third-order valence-corrected chi connectivity index (χ3v) is 3.63. The van der Waals surface area contributed by atoms with E-state index in [1.807, 2.05) is 31.2 Å². The fraction of sp³-hybridized carbons (Fsp3) is 0.118. The lowest BCUT2D eigenvalue weighted by Crippen LogP contribution is -2.23. The maximum atomic E-state index is 12.1. The fourth-order valence-corrected chi connectivity index (χ4v) is 2.30. The molecule has 0 aliphatic carbocycles. The Balaban J connectivity index is 1.70. The van der Waals surface area contributed by atoms with Crippen molar-refractivity contribution in [2.75, 3.05) is 0 Å². The molecule has 3 aromatic rings. The molecule has 0 aliphatic rings. The zero-order valence-corrected chi connectivity index (χ0v) is 13.2. The Hall–Kier alpha value is -2.66. The Labute approximate surface area is 138 Å². The molecule has 1 heterocycles. The number of hydrogen-bond acceptors (Lipinski definition) is 4. The summed E-state index contributed by atoms with van der Waals surface area (Å²) < 4.78 is 5.41. The molecule has 2 aromatic carbocycles. The number of aromatic nitrogens is 2. The third-order valence-electron chi connectivity index (χ3n) is 3.39. The van der Waals surface area contributed by atoms with Crippen molar-refractivity contribution in [1.82, 2.24) is 15.5 Å². The molecule has 23 heavy (non-hydrogen) atoms. The van der Waals surface area contributed by atoms with Crippen LogP contribution in [0.1, 0.15) is 21.8 Å². The Bertz CT molecular complexity index is 845. The Morgan fingerprint density at radius 1 is 1.17 bits per heavy atom. The number of carbonyl (C=O) groups is 1. The molecule has 0 bridgehead atoms. The van der Waals surface area contributed by atoms with Gasteiger partial charge < -0.3 is 9.73 Å². The number of halogens is 1. The molecule has 0 radical (unpaired) electrons. The largest absolute Gasteiger partial charge is 0.412 e. The van der Waals surface area contributed by atoms with Gasteiger partial charge in [-0.05, 0) is 36.2 Å². The van der Waals surface area contributed by atoms with Crippen molar-refractivity contribution in [1.29, 1.82) is 0 Å². The van der Waals surface area contributed by atoms with Crippen LogP contribution in [0.25, 0.3) is 11.5 Å². The van der Waals surface area contributed by atoms with Crippen molar-refractivity contribution in [2.24, 2.45) is 0 Å². The number of nitrogens with zero attached hydrogens (tertiary/aromatic N) is 2. The zero-order valence-electron chi connectivity index (χ0n) is 12.4. The highest BCUT2D eigenvalue weighted by Crippen LogP contribution is 2.21. The Morgan fingerprint density at radius 2 is 2.00 bits per heavy atom. The summed E-state index contributed by atoms with van der Waals surface area (Å²) >= 11 is 5.93. The fourth-order valence-electron chi connectivity index (χ4n) is 2.11. The normalized spacial score (nSPS) is 10.5. The van der Waals surface area contributed by atoms with Crippen molar-refractivity contribution in [3.8, 4) is 11.5 Å².